The van der Waals surface area contributed by atoms with Crippen LogP contribution in [-0.4, -0.2) is 17.8 Å². The lowest BCUT2D eigenvalue weighted by atomic mass is 9.93. The molecule has 3 rings (SSSR count). The van der Waals surface area contributed by atoms with Gasteiger partial charge in [0.2, 0.25) is 0 Å². The minimum atomic E-state index is -0.213. The van der Waals surface area contributed by atoms with Gasteiger partial charge >= 0.3 is 0 Å². The monoisotopic (exact) mass is 310 g/mol. The van der Waals surface area contributed by atoms with Gasteiger partial charge in [-0.2, -0.15) is 0 Å². The summed E-state index contributed by atoms with van der Waals surface area (Å²) in [6, 6.07) is 4.23. The number of aliphatic hydroxyl groups excluding tert-OH is 1. The first-order valence-corrected chi connectivity index (χ1v) is 7.65. The maximum Gasteiger partial charge on any atom is 0.125 e. The Balaban J connectivity index is 1.79. The quantitative estimate of drug-likeness (QED) is 0.926. The molecule has 98 valence electrons. The van der Waals surface area contributed by atoms with Crippen molar-refractivity contribution in [2.45, 2.75) is 44.6 Å². The van der Waals surface area contributed by atoms with E-state index in [0.717, 1.165) is 35.2 Å². The number of halogens is 1. The van der Waals surface area contributed by atoms with E-state index < -0.39 is 0 Å². The summed E-state index contributed by atoms with van der Waals surface area (Å²) in [5.41, 5.74) is 2.44. The van der Waals surface area contributed by atoms with Crippen LogP contribution >= 0.6 is 15.9 Å². The first-order valence-electron chi connectivity index (χ1n) is 6.86. The molecule has 1 fully saturated rings. The molecule has 1 aromatic rings. The van der Waals surface area contributed by atoms with Crippen molar-refractivity contribution in [2.24, 2.45) is 5.92 Å². The third-order valence-electron chi connectivity index (χ3n) is 4.20. The van der Waals surface area contributed by atoms with Gasteiger partial charge in [-0.25, -0.2) is 0 Å². The second-order valence-corrected chi connectivity index (χ2v) is 6.38. The van der Waals surface area contributed by atoms with Crippen molar-refractivity contribution in [3.05, 3.63) is 27.7 Å². The van der Waals surface area contributed by atoms with Crippen LogP contribution in [0.3, 0.4) is 0 Å². The van der Waals surface area contributed by atoms with Gasteiger partial charge in [-0.1, -0.05) is 28.8 Å². The van der Waals surface area contributed by atoms with E-state index in [1.807, 2.05) is 0 Å². The summed E-state index contributed by atoms with van der Waals surface area (Å²) >= 11 is 3.55. The van der Waals surface area contributed by atoms with E-state index >= 15 is 0 Å². The van der Waals surface area contributed by atoms with Crippen molar-refractivity contribution in [1.82, 2.24) is 0 Å². The van der Waals surface area contributed by atoms with E-state index in [1.165, 1.54) is 31.2 Å². The van der Waals surface area contributed by atoms with Gasteiger partial charge in [-0.15, -0.1) is 0 Å². The molecular formula is C15H19BrO2. The number of hydrogen-bond donors (Lipinski definition) is 1. The molecule has 1 aliphatic heterocycles. The topological polar surface area (TPSA) is 29.5 Å². The van der Waals surface area contributed by atoms with Gasteiger partial charge in [0, 0.05) is 17.3 Å². The summed E-state index contributed by atoms with van der Waals surface area (Å²) in [7, 11) is 0. The lowest BCUT2D eigenvalue weighted by molar-refractivity contribution is 0.110. The van der Waals surface area contributed by atoms with Crippen molar-refractivity contribution < 1.29 is 9.84 Å². The Morgan fingerprint density at radius 3 is 2.89 bits per heavy atom. The molecule has 0 spiro atoms. The molecule has 0 amide bonds. The van der Waals surface area contributed by atoms with Gasteiger partial charge in [-0.05, 0) is 42.0 Å². The highest BCUT2D eigenvalue weighted by Crippen LogP contribution is 2.36. The molecule has 1 atom stereocenters. The van der Waals surface area contributed by atoms with Crippen molar-refractivity contribution >= 4 is 15.9 Å². The molecule has 2 nitrogen and oxygen atoms in total. The Morgan fingerprint density at radius 2 is 2.11 bits per heavy atom. The van der Waals surface area contributed by atoms with Gasteiger partial charge in [-0.3, -0.25) is 0 Å². The highest BCUT2D eigenvalue weighted by atomic mass is 79.9. The van der Waals surface area contributed by atoms with E-state index in [1.54, 1.807) is 0 Å². The van der Waals surface area contributed by atoms with Crippen molar-refractivity contribution in [3.8, 4) is 5.75 Å². The average molecular weight is 311 g/mol. The van der Waals surface area contributed by atoms with Gasteiger partial charge in [0.25, 0.3) is 0 Å². The number of rotatable bonds is 3. The molecule has 0 saturated heterocycles. The highest BCUT2D eigenvalue weighted by molar-refractivity contribution is 9.10. The molecule has 0 radical (unpaired) electrons. The zero-order chi connectivity index (χ0) is 12.5. The normalized spacial score (nSPS) is 20.8. The van der Waals surface area contributed by atoms with Crippen molar-refractivity contribution in [2.75, 3.05) is 6.61 Å². The van der Waals surface area contributed by atoms with Crippen LogP contribution in [0.2, 0.25) is 0 Å². The fourth-order valence-electron chi connectivity index (χ4n) is 3.23. The Kier molecular flexibility index (Phi) is 3.62. The van der Waals surface area contributed by atoms with E-state index in [-0.39, 0.29) is 6.10 Å². The molecule has 1 aromatic carbocycles. The van der Waals surface area contributed by atoms with Crippen LogP contribution in [0.5, 0.6) is 5.75 Å². The molecule has 18 heavy (non-hydrogen) atoms. The summed E-state index contributed by atoms with van der Waals surface area (Å²) in [5.74, 6) is 1.51. The minimum absolute atomic E-state index is 0.213. The van der Waals surface area contributed by atoms with Crippen LogP contribution in [0, 0.1) is 5.92 Å². The van der Waals surface area contributed by atoms with Crippen LogP contribution in [-0.2, 0) is 12.8 Å². The van der Waals surface area contributed by atoms with Gasteiger partial charge < -0.3 is 9.84 Å². The Morgan fingerprint density at radius 1 is 1.33 bits per heavy atom. The first-order chi connectivity index (χ1) is 8.74. The van der Waals surface area contributed by atoms with Gasteiger partial charge in [0.05, 0.1) is 12.7 Å². The van der Waals surface area contributed by atoms with Gasteiger partial charge in [0.1, 0.15) is 5.75 Å². The minimum Gasteiger partial charge on any atom is -0.493 e. The molecule has 1 saturated carbocycles. The molecule has 1 aliphatic carbocycles. The maximum atomic E-state index is 10.4. The number of ether oxygens (including phenoxy) is 1. The van der Waals surface area contributed by atoms with Gasteiger partial charge in [0.15, 0.2) is 0 Å². The Hall–Kier alpha value is -0.540. The van der Waals surface area contributed by atoms with Crippen LogP contribution in [0.15, 0.2) is 16.6 Å². The zero-order valence-electron chi connectivity index (χ0n) is 10.5. The summed E-state index contributed by atoms with van der Waals surface area (Å²) in [5, 5.41) is 10.4. The predicted molar refractivity (Wildman–Crippen MR) is 75.0 cm³/mol. The molecule has 0 aromatic heterocycles. The predicted octanol–water partition coefficient (Wildman–Crippen LogP) is 3.48. The van der Waals surface area contributed by atoms with E-state index in [4.69, 9.17) is 4.74 Å². The van der Waals surface area contributed by atoms with Crippen LogP contribution < -0.4 is 4.74 Å². The third kappa shape index (κ3) is 2.43. The summed E-state index contributed by atoms with van der Waals surface area (Å²) < 4.78 is 6.81. The summed E-state index contributed by atoms with van der Waals surface area (Å²) in [6.45, 7) is 0.776. The van der Waals surface area contributed by atoms with Crippen LogP contribution in [0.25, 0.3) is 0 Å². The standard InChI is InChI=1S/C15H19BrO2/c16-13-7-11-5-6-18-15(11)12(8-13)9-14(17)10-3-1-2-4-10/h7-8,10,14,17H,1-6,9H2. The highest BCUT2D eigenvalue weighted by Gasteiger charge is 2.26. The number of aliphatic hydroxyl groups is 1. The SMILES string of the molecule is OC(Cc1cc(Br)cc2c1OCC2)C1CCCC1. The van der Waals surface area contributed by atoms with Crippen molar-refractivity contribution in [1.29, 1.82) is 0 Å². The lowest BCUT2D eigenvalue weighted by Gasteiger charge is -2.19. The van der Waals surface area contributed by atoms with Crippen LogP contribution in [0.1, 0.15) is 36.8 Å². The van der Waals surface area contributed by atoms with E-state index in [0.29, 0.717) is 5.92 Å². The molecule has 1 heterocycles. The smallest absolute Gasteiger partial charge is 0.125 e. The zero-order valence-corrected chi connectivity index (χ0v) is 12.1. The molecule has 2 aliphatic rings. The summed E-state index contributed by atoms with van der Waals surface area (Å²) in [4.78, 5) is 0. The summed E-state index contributed by atoms with van der Waals surface area (Å²) in [6.07, 6.45) is 6.41. The van der Waals surface area contributed by atoms with E-state index in [9.17, 15) is 5.11 Å². The second kappa shape index (κ2) is 5.22. The molecule has 0 bridgehead atoms. The Bertz CT molecular complexity index is 438. The Labute approximate surface area is 116 Å². The van der Waals surface area contributed by atoms with Crippen molar-refractivity contribution in [3.63, 3.8) is 0 Å². The average Bonchev–Trinajstić information content (AvgIpc) is 2.98. The van der Waals surface area contributed by atoms with E-state index in [2.05, 4.69) is 28.1 Å². The lowest BCUT2D eigenvalue weighted by Crippen LogP contribution is -2.20. The maximum absolute atomic E-state index is 10.4. The molecule has 3 heteroatoms. The third-order valence-corrected chi connectivity index (χ3v) is 4.66. The number of fused-ring (bicyclic) bond motifs is 1. The first kappa shape index (κ1) is 12.5. The fourth-order valence-corrected chi connectivity index (χ4v) is 3.78. The fraction of sp³-hybridized carbons (Fsp3) is 0.600. The van der Waals surface area contributed by atoms with Crippen LogP contribution in [0.4, 0.5) is 0 Å². The number of hydrogen-bond acceptors (Lipinski definition) is 2. The number of benzene rings is 1. The molecular weight excluding hydrogens is 292 g/mol. The second-order valence-electron chi connectivity index (χ2n) is 5.47. The molecule has 1 N–H and O–H groups in total. The largest absolute Gasteiger partial charge is 0.493 e. The molecule has 1 unspecified atom stereocenters.